The number of hydrogen-bond acceptors (Lipinski definition) is 4. The van der Waals surface area contributed by atoms with Crippen LogP contribution < -0.4 is 4.90 Å². The number of benzene rings is 1. The Morgan fingerprint density at radius 2 is 1.57 bits per heavy atom. The smallest absolute Gasteiger partial charge is 0.226 e. The van der Waals surface area contributed by atoms with Crippen molar-refractivity contribution in [3.05, 3.63) is 41.6 Å². The van der Waals surface area contributed by atoms with Gasteiger partial charge < -0.3 is 9.80 Å². The standard InChI is InChI=1S/C17H22N4/c1-13-4-6-15(7-5-13)16-12-14(2)18-17(19-16)21-10-8-20(3)9-11-21/h4-7,12H,8-11H2,1-3H3. The average molecular weight is 282 g/mol. The number of anilines is 1. The minimum absolute atomic E-state index is 0.860. The molecule has 2 aromatic rings. The molecule has 0 aliphatic carbocycles. The highest BCUT2D eigenvalue weighted by molar-refractivity contribution is 5.61. The molecule has 1 fully saturated rings. The molecule has 0 saturated carbocycles. The van der Waals surface area contributed by atoms with Crippen LogP contribution in [0.1, 0.15) is 11.3 Å². The zero-order valence-corrected chi connectivity index (χ0v) is 13.0. The van der Waals surface area contributed by atoms with Gasteiger partial charge in [0.05, 0.1) is 5.69 Å². The molecule has 3 rings (SSSR count). The van der Waals surface area contributed by atoms with Gasteiger partial charge in [-0.15, -0.1) is 0 Å². The summed E-state index contributed by atoms with van der Waals surface area (Å²) < 4.78 is 0. The second kappa shape index (κ2) is 5.82. The number of rotatable bonds is 2. The summed E-state index contributed by atoms with van der Waals surface area (Å²) in [4.78, 5) is 14.0. The molecule has 0 radical (unpaired) electrons. The molecule has 1 aliphatic rings. The summed E-state index contributed by atoms with van der Waals surface area (Å²) in [5, 5.41) is 0. The molecule has 4 heteroatoms. The van der Waals surface area contributed by atoms with Gasteiger partial charge in [-0.25, -0.2) is 9.97 Å². The fourth-order valence-corrected chi connectivity index (χ4v) is 2.57. The van der Waals surface area contributed by atoms with E-state index >= 15 is 0 Å². The highest BCUT2D eigenvalue weighted by atomic mass is 15.3. The topological polar surface area (TPSA) is 32.3 Å². The third-order valence-corrected chi connectivity index (χ3v) is 3.98. The van der Waals surface area contributed by atoms with E-state index in [1.54, 1.807) is 0 Å². The van der Waals surface area contributed by atoms with E-state index in [9.17, 15) is 0 Å². The quantitative estimate of drug-likeness (QED) is 0.847. The lowest BCUT2D eigenvalue weighted by atomic mass is 10.1. The van der Waals surface area contributed by atoms with Crippen LogP contribution in [0.2, 0.25) is 0 Å². The number of likely N-dealkylation sites (N-methyl/N-ethyl adjacent to an activating group) is 1. The van der Waals surface area contributed by atoms with Gasteiger partial charge in [-0.2, -0.15) is 0 Å². The van der Waals surface area contributed by atoms with Crippen LogP contribution in [-0.4, -0.2) is 48.1 Å². The van der Waals surface area contributed by atoms with Crippen LogP contribution in [0.5, 0.6) is 0 Å². The van der Waals surface area contributed by atoms with Gasteiger partial charge in [0.1, 0.15) is 0 Å². The zero-order valence-electron chi connectivity index (χ0n) is 13.0. The summed E-state index contributed by atoms with van der Waals surface area (Å²) in [6.45, 7) is 8.26. The molecule has 1 saturated heterocycles. The van der Waals surface area contributed by atoms with E-state index < -0.39 is 0 Å². The van der Waals surface area contributed by atoms with Crippen molar-refractivity contribution >= 4 is 5.95 Å². The number of aryl methyl sites for hydroxylation is 2. The molecule has 1 aromatic heterocycles. The number of aromatic nitrogens is 2. The van der Waals surface area contributed by atoms with E-state index in [0.717, 1.165) is 49.1 Å². The maximum Gasteiger partial charge on any atom is 0.226 e. The Morgan fingerprint density at radius 1 is 0.905 bits per heavy atom. The maximum atomic E-state index is 4.78. The highest BCUT2D eigenvalue weighted by Gasteiger charge is 2.17. The Kier molecular flexibility index (Phi) is 3.88. The van der Waals surface area contributed by atoms with E-state index in [0.29, 0.717) is 0 Å². The van der Waals surface area contributed by atoms with Gasteiger partial charge >= 0.3 is 0 Å². The maximum absolute atomic E-state index is 4.78. The fraction of sp³-hybridized carbons (Fsp3) is 0.412. The van der Waals surface area contributed by atoms with Gasteiger partial charge in [-0.1, -0.05) is 29.8 Å². The number of nitrogens with zero attached hydrogens (tertiary/aromatic N) is 4. The Hall–Kier alpha value is -1.94. The summed E-state index contributed by atoms with van der Waals surface area (Å²) in [6, 6.07) is 10.6. The largest absolute Gasteiger partial charge is 0.338 e. The molecule has 0 N–H and O–H groups in total. The summed E-state index contributed by atoms with van der Waals surface area (Å²) in [7, 11) is 2.16. The third-order valence-electron chi connectivity index (χ3n) is 3.98. The zero-order chi connectivity index (χ0) is 14.8. The molecule has 0 unspecified atom stereocenters. The highest BCUT2D eigenvalue weighted by Crippen LogP contribution is 2.21. The minimum Gasteiger partial charge on any atom is -0.338 e. The molecule has 21 heavy (non-hydrogen) atoms. The predicted octanol–water partition coefficient (Wildman–Crippen LogP) is 2.51. The van der Waals surface area contributed by atoms with E-state index in [1.165, 1.54) is 5.56 Å². The molecule has 0 amide bonds. The van der Waals surface area contributed by atoms with Crippen LogP contribution in [0.4, 0.5) is 5.95 Å². The van der Waals surface area contributed by atoms with Gasteiger partial charge in [0.15, 0.2) is 0 Å². The van der Waals surface area contributed by atoms with Crippen molar-refractivity contribution in [3.8, 4) is 11.3 Å². The molecule has 4 nitrogen and oxygen atoms in total. The summed E-state index contributed by atoms with van der Waals surface area (Å²) in [5.41, 5.74) is 4.45. The summed E-state index contributed by atoms with van der Waals surface area (Å²) >= 11 is 0. The van der Waals surface area contributed by atoms with Gasteiger partial charge in [-0.05, 0) is 27.0 Å². The summed E-state index contributed by atoms with van der Waals surface area (Å²) in [5.74, 6) is 0.860. The molecule has 0 atom stereocenters. The van der Waals surface area contributed by atoms with Crippen LogP contribution >= 0.6 is 0 Å². The van der Waals surface area contributed by atoms with Crippen molar-refractivity contribution in [2.45, 2.75) is 13.8 Å². The first kappa shape index (κ1) is 14.0. The van der Waals surface area contributed by atoms with Crippen LogP contribution in [-0.2, 0) is 0 Å². The monoisotopic (exact) mass is 282 g/mol. The normalized spacial score (nSPS) is 16.2. The third kappa shape index (κ3) is 3.22. The first-order valence-electron chi connectivity index (χ1n) is 7.48. The van der Waals surface area contributed by atoms with Crippen molar-refractivity contribution in [1.29, 1.82) is 0 Å². The molecule has 1 aromatic carbocycles. The van der Waals surface area contributed by atoms with Gasteiger partial charge in [0.25, 0.3) is 0 Å². The Labute approximate surface area is 126 Å². The fourth-order valence-electron chi connectivity index (χ4n) is 2.57. The number of hydrogen-bond donors (Lipinski definition) is 0. The molecule has 0 bridgehead atoms. The van der Waals surface area contributed by atoms with Crippen LogP contribution in [0.25, 0.3) is 11.3 Å². The minimum atomic E-state index is 0.860. The lowest BCUT2D eigenvalue weighted by molar-refractivity contribution is 0.311. The van der Waals surface area contributed by atoms with Crippen molar-refractivity contribution in [1.82, 2.24) is 14.9 Å². The average Bonchev–Trinajstić information content (AvgIpc) is 2.48. The Bertz CT molecular complexity index is 613. The van der Waals surface area contributed by atoms with Crippen molar-refractivity contribution in [2.75, 3.05) is 38.1 Å². The van der Waals surface area contributed by atoms with Gasteiger partial charge in [0, 0.05) is 37.4 Å². The van der Waals surface area contributed by atoms with Crippen LogP contribution in [0, 0.1) is 13.8 Å². The lowest BCUT2D eigenvalue weighted by Crippen LogP contribution is -2.45. The summed E-state index contributed by atoms with van der Waals surface area (Å²) in [6.07, 6.45) is 0. The van der Waals surface area contributed by atoms with Gasteiger partial charge in [-0.3, -0.25) is 0 Å². The molecule has 1 aliphatic heterocycles. The lowest BCUT2D eigenvalue weighted by Gasteiger charge is -2.32. The molecule has 2 heterocycles. The molecular weight excluding hydrogens is 260 g/mol. The van der Waals surface area contributed by atoms with Crippen LogP contribution in [0.15, 0.2) is 30.3 Å². The first-order valence-corrected chi connectivity index (χ1v) is 7.48. The Morgan fingerprint density at radius 3 is 2.24 bits per heavy atom. The second-order valence-corrected chi connectivity index (χ2v) is 5.85. The van der Waals surface area contributed by atoms with E-state index in [2.05, 4.69) is 59.1 Å². The second-order valence-electron chi connectivity index (χ2n) is 5.85. The van der Waals surface area contributed by atoms with E-state index in [-0.39, 0.29) is 0 Å². The first-order chi connectivity index (χ1) is 10.1. The Balaban J connectivity index is 1.91. The number of piperazine rings is 1. The van der Waals surface area contributed by atoms with Crippen molar-refractivity contribution in [3.63, 3.8) is 0 Å². The molecule has 110 valence electrons. The molecular formula is C17H22N4. The van der Waals surface area contributed by atoms with Gasteiger partial charge in [0.2, 0.25) is 5.95 Å². The van der Waals surface area contributed by atoms with E-state index in [4.69, 9.17) is 4.98 Å². The van der Waals surface area contributed by atoms with Crippen molar-refractivity contribution < 1.29 is 0 Å². The van der Waals surface area contributed by atoms with E-state index in [1.807, 2.05) is 6.92 Å². The van der Waals surface area contributed by atoms with Crippen molar-refractivity contribution in [2.24, 2.45) is 0 Å². The SMILES string of the molecule is Cc1ccc(-c2cc(C)nc(N3CCN(C)CC3)n2)cc1. The molecule has 0 spiro atoms. The predicted molar refractivity (Wildman–Crippen MR) is 86.7 cm³/mol. The van der Waals surface area contributed by atoms with Crippen LogP contribution in [0.3, 0.4) is 0 Å².